The number of nitriles is 1. The van der Waals surface area contributed by atoms with Crippen molar-refractivity contribution in [2.75, 3.05) is 39.9 Å². The highest BCUT2D eigenvalue weighted by atomic mass is 35.5. The molecule has 2 atom stereocenters. The number of halogens is 1. The molecule has 2 heterocycles. The molecule has 1 saturated carbocycles. The van der Waals surface area contributed by atoms with Crippen LogP contribution in [0.25, 0.3) is 10.9 Å². The van der Waals surface area contributed by atoms with Gasteiger partial charge in [-0.15, -0.1) is 0 Å². The first-order valence-electron chi connectivity index (χ1n) is 11.5. The molecule has 1 aliphatic carbocycles. The minimum absolute atomic E-state index is 0.200. The molecule has 8 nitrogen and oxygen atoms in total. The smallest absolute Gasteiger partial charge is 0.268 e. The van der Waals surface area contributed by atoms with E-state index >= 15 is 0 Å². The van der Waals surface area contributed by atoms with E-state index in [-0.39, 0.29) is 23.8 Å². The average Bonchev–Trinajstić information content (AvgIpc) is 3.20. The van der Waals surface area contributed by atoms with E-state index in [2.05, 4.69) is 10.2 Å². The molecule has 0 radical (unpaired) electrons. The van der Waals surface area contributed by atoms with E-state index in [1.165, 1.54) is 7.05 Å². The van der Waals surface area contributed by atoms with E-state index in [0.29, 0.717) is 23.7 Å². The number of aromatic nitrogens is 1. The van der Waals surface area contributed by atoms with Gasteiger partial charge in [-0.05, 0) is 31.0 Å². The monoisotopic (exact) mass is 471 g/mol. The highest BCUT2D eigenvalue weighted by molar-refractivity contribution is 6.31. The zero-order valence-electron chi connectivity index (χ0n) is 18.9. The molecular formula is C24H30ClN5O3. The predicted molar refractivity (Wildman–Crippen MR) is 126 cm³/mol. The van der Waals surface area contributed by atoms with Gasteiger partial charge in [0.15, 0.2) is 6.19 Å². The van der Waals surface area contributed by atoms with Crippen LogP contribution in [0.3, 0.4) is 0 Å². The molecule has 0 unspecified atom stereocenters. The summed E-state index contributed by atoms with van der Waals surface area (Å²) in [5.74, 6) is -0.816. The number of hydrogen-bond donors (Lipinski definition) is 1. The van der Waals surface area contributed by atoms with Crippen LogP contribution in [0.15, 0.2) is 24.3 Å². The van der Waals surface area contributed by atoms with Crippen LogP contribution in [-0.2, 0) is 16.1 Å². The third-order valence-corrected chi connectivity index (χ3v) is 6.96. The second-order valence-electron chi connectivity index (χ2n) is 8.81. The quantitative estimate of drug-likeness (QED) is 0.516. The van der Waals surface area contributed by atoms with Gasteiger partial charge in [-0.25, -0.2) is 0 Å². The van der Waals surface area contributed by atoms with Crippen molar-refractivity contribution in [1.82, 2.24) is 19.7 Å². The van der Waals surface area contributed by atoms with Gasteiger partial charge in [-0.3, -0.25) is 19.4 Å². The number of morpholine rings is 1. The third-order valence-electron chi connectivity index (χ3n) is 6.72. The van der Waals surface area contributed by atoms with Crippen LogP contribution in [0.2, 0.25) is 5.02 Å². The lowest BCUT2D eigenvalue weighted by atomic mass is 9.83. The summed E-state index contributed by atoms with van der Waals surface area (Å²) in [7, 11) is 1.48. The van der Waals surface area contributed by atoms with Gasteiger partial charge in [-0.1, -0.05) is 30.5 Å². The molecule has 2 fully saturated rings. The highest BCUT2D eigenvalue weighted by Gasteiger charge is 2.34. The van der Waals surface area contributed by atoms with Crippen LogP contribution < -0.4 is 5.32 Å². The Morgan fingerprint density at radius 1 is 1.21 bits per heavy atom. The van der Waals surface area contributed by atoms with E-state index in [0.717, 1.165) is 67.9 Å². The highest BCUT2D eigenvalue weighted by Crippen LogP contribution is 2.28. The first kappa shape index (κ1) is 23.6. The van der Waals surface area contributed by atoms with Crippen molar-refractivity contribution in [3.05, 3.63) is 35.0 Å². The zero-order valence-corrected chi connectivity index (χ0v) is 19.7. The second kappa shape index (κ2) is 10.6. The Morgan fingerprint density at radius 3 is 2.73 bits per heavy atom. The van der Waals surface area contributed by atoms with Crippen LogP contribution in [0.5, 0.6) is 0 Å². The molecule has 0 spiro atoms. The fraction of sp³-hybridized carbons (Fsp3) is 0.542. The molecule has 33 heavy (non-hydrogen) atoms. The van der Waals surface area contributed by atoms with E-state index in [1.54, 1.807) is 0 Å². The van der Waals surface area contributed by atoms with Crippen molar-refractivity contribution in [2.24, 2.45) is 5.92 Å². The third kappa shape index (κ3) is 5.32. The summed E-state index contributed by atoms with van der Waals surface area (Å²) >= 11 is 6.27. The van der Waals surface area contributed by atoms with Crippen molar-refractivity contribution in [3.8, 4) is 6.19 Å². The largest absolute Gasteiger partial charge is 0.379 e. The molecule has 9 heteroatoms. The molecule has 0 bridgehead atoms. The molecule has 4 rings (SSSR count). The lowest BCUT2D eigenvalue weighted by Crippen LogP contribution is -2.48. The van der Waals surface area contributed by atoms with Crippen molar-refractivity contribution >= 4 is 34.3 Å². The van der Waals surface area contributed by atoms with Gasteiger partial charge in [0.1, 0.15) is 5.69 Å². The standard InChI is InChI=1S/C24H30ClN5O3/c1-28(16-26)24(32)19-4-2-3-5-20(19)27-23(31)22-14-17-6-7-18(25)15-21(17)30(22)9-8-29-10-12-33-13-11-29/h6-7,14-15,19-20H,2-5,8-13H2,1H3,(H,27,31)/t19-,20+/m1/s1. The van der Waals surface area contributed by atoms with Gasteiger partial charge in [0.05, 0.1) is 24.6 Å². The first-order valence-corrected chi connectivity index (χ1v) is 11.9. The number of ether oxygens (including phenoxy) is 1. The number of nitrogens with zero attached hydrogens (tertiary/aromatic N) is 4. The Hall–Kier alpha value is -2.60. The molecule has 2 aliphatic rings. The van der Waals surface area contributed by atoms with Gasteiger partial charge in [-0.2, -0.15) is 5.26 Å². The maximum Gasteiger partial charge on any atom is 0.268 e. The Morgan fingerprint density at radius 2 is 1.97 bits per heavy atom. The summed E-state index contributed by atoms with van der Waals surface area (Å²) < 4.78 is 7.46. The van der Waals surface area contributed by atoms with Gasteiger partial charge in [0, 0.05) is 49.7 Å². The molecule has 2 amide bonds. The molecule has 176 valence electrons. The molecule has 1 N–H and O–H groups in total. The molecule has 2 aromatic rings. The van der Waals surface area contributed by atoms with Crippen LogP contribution in [0.1, 0.15) is 36.2 Å². The summed E-state index contributed by atoms with van der Waals surface area (Å²) in [6, 6.07) is 7.24. The Kier molecular flexibility index (Phi) is 7.53. The molecule has 1 saturated heterocycles. The molecule has 1 aromatic carbocycles. The minimum Gasteiger partial charge on any atom is -0.379 e. The minimum atomic E-state index is -0.382. The van der Waals surface area contributed by atoms with Gasteiger partial charge < -0.3 is 14.6 Å². The van der Waals surface area contributed by atoms with Crippen LogP contribution in [0, 0.1) is 17.4 Å². The normalized spacial score (nSPS) is 21.5. The second-order valence-corrected chi connectivity index (χ2v) is 9.24. The summed E-state index contributed by atoms with van der Waals surface area (Å²) in [6.45, 7) is 4.65. The van der Waals surface area contributed by atoms with Gasteiger partial charge >= 0.3 is 0 Å². The summed E-state index contributed by atoms with van der Waals surface area (Å²) in [6.07, 6.45) is 5.15. The maximum absolute atomic E-state index is 13.5. The van der Waals surface area contributed by atoms with Crippen LogP contribution >= 0.6 is 11.6 Å². The molecule has 1 aliphatic heterocycles. The number of benzene rings is 1. The Balaban J connectivity index is 1.57. The lowest BCUT2D eigenvalue weighted by molar-refractivity contribution is -0.133. The van der Waals surface area contributed by atoms with Crippen molar-refractivity contribution < 1.29 is 14.3 Å². The topological polar surface area (TPSA) is 90.6 Å². The van der Waals surface area contributed by atoms with E-state index in [1.807, 2.05) is 35.0 Å². The fourth-order valence-corrected chi connectivity index (χ4v) is 5.03. The number of carbonyl (C=O) groups is 2. The zero-order chi connectivity index (χ0) is 23.4. The fourth-order valence-electron chi connectivity index (χ4n) is 4.86. The first-order chi connectivity index (χ1) is 16.0. The number of carbonyl (C=O) groups excluding carboxylic acids is 2. The molecule has 1 aromatic heterocycles. The number of fused-ring (bicyclic) bond motifs is 1. The van der Waals surface area contributed by atoms with Crippen LogP contribution in [-0.4, -0.2) is 72.1 Å². The van der Waals surface area contributed by atoms with Gasteiger partial charge in [0.2, 0.25) is 5.91 Å². The average molecular weight is 472 g/mol. The Bertz CT molecular complexity index is 1060. The van der Waals surface area contributed by atoms with E-state index in [9.17, 15) is 9.59 Å². The summed E-state index contributed by atoms with van der Waals surface area (Å²) in [5.41, 5.74) is 1.48. The van der Waals surface area contributed by atoms with Gasteiger partial charge in [0.25, 0.3) is 5.91 Å². The lowest BCUT2D eigenvalue weighted by Gasteiger charge is -2.32. The maximum atomic E-state index is 13.5. The van der Waals surface area contributed by atoms with Crippen LogP contribution in [0.4, 0.5) is 0 Å². The number of amides is 2. The van der Waals surface area contributed by atoms with Crippen molar-refractivity contribution in [2.45, 2.75) is 38.3 Å². The summed E-state index contributed by atoms with van der Waals surface area (Å²) in [5, 5.41) is 13.8. The van der Waals surface area contributed by atoms with E-state index in [4.69, 9.17) is 21.6 Å². The number of hydrogen-bond acceptors (Lipinski definition) is 5. The van der Waals surface area contributed by atoms with E-state index < -0.39 is 0 Å². The van der Waals surface area contributed by atoms with Crippen molar-refractivity contribution in [3.63, 3.8) is 0 Å². The van der Waals surface area contributed by atoms with Crippen molar-refractivity contribution in [1.29, 1.82) is 5.26 Å². The Labute approximate surface area is 199 Å². The number of nitrogens with one attached hydrogen (secondary N) is 1. The number of rotatable bonds is 6. The molecular weight excluding hydrogens is 442 g/mol. The SMILES string of the molecule is CN(C#N)C(=O)[C@@H]1CCCC[C@@H]1NC(=O)c1cc2ccc(Cl)cc2n1CCN1CCOCC1. The summed E-state index contributed by atoms with van der Waals surface area (Å²) in [4.78, 5) is 29.5. The predicted octanol–water partition coefficient (Wildman–Crippen LogP) is 2.85.